The Morgan fingerprint density at radius 2 is 1.71 bits per heavy atom. The molecular weight excluding hydrogens is 510 g/mol. The minimum atomic E-state index is -3.71. The van der Waals surface area contributed by atoms with Gasteiger partial charge in [-0.05, 0) is 73.4 Å². The standard InChI is InChI=1S/C27H31N3O7S/c1-35-21-8-10-24(11-9-21)38(33,34)30-14-12-19(13-15-30)25(27(32)28-18-23-7-4-16-37-23)29-26(31)20-5-3-6-22(17-20)36-2/h3-11,16-17,19,25H,12-15,18H2,1-2H3,(H,28,32)(H,29,31). The molecule has 4 rings (SSSR count). The lowest BCUT2D eigenvalue weighted by Gasteiger charge is -2.35. The van der Waals surface area contributed by atoms with Crippen molar-refractivity contribution < 1.29 is 31.9 Å². The predicted molar refractivity (Wildman–Crippen MR) is 139 cm³/mol. The van der Waals surface area contributed by atoms with Crippen LogP contribution in [0.4, 0.5) is 0 Å². The van der Waals surface area contributed by atoms with Crippen molar-refractivity contribution in [1.82, 2.24) is 14.9 Å². The molecule has 2 N–H and O–H groups in total. The van der Waals surface area contributed by atoms with Gasteiger partial charge < -0.3 is 24.5 Å². The maximum absolute atomic E-state index is 13.3. The van der Waals surface area contributed by atoms with Gasteiger partial charge in [0.25, 0.3) is 5.91 Å². The van der Waals surface area contributed by atoms with Gasteiger partial charge in [0.1, 0.15) is 23.3 Å². The van der Waals surface area contributed by atoms with Crippen molar-refractivity contribution in [2.75, 3.05) is 27.3 Å². The van der Waals surface area contributed by atoms with E-state index in [-0.39, 0.29) is 36.4 Å². The fourth-order valence-corrected chi connectivity index (χ4v) is 5.90. The summed E-state index contributed by atoms with van der Waals surface area (Å²) >= 11 is 0. The molecule has 11 heteroatoms. The van der Waals surface area contributed by atoms with Crippen molar-refractivity contribution in [3.63, 3.8) is 0 Å². The van der Waals surface area contributed by atoms with Gasteiger partial charge in [0.05, 0.1) is 31.9 Å². The van der Waals surface area contributed by atoms with Crippen LogP contribution in [0.15, 0.2) is 76.2 Å². The van der Waals surface area contributed by atoms with Crippen LogP contribution < -0.4 is 20.1 Å². The van der Waals surface area contributed by atoms with Gasteiger partial charge in [-0.3, -0.25) is 9.59 Å². The Hall–Kier alpha value is -3.83. The Morgan fingerprint density at radius 1 is 1.00 bits per heavy atom. The Kier molecular flexibility index (Phi) is 8.70. The number of methoxy groups -OCH3 is 2. The number of furan rings is 1. The molecule has 10 nitrogen and oxygen atoms in total. The SMILES string of the molecule is COc1ccc(S(=O)(=O)N2CCC(C(NC(=O)c3cccc(OC)c3)C(=O)NCc3ccco3)CC2)cc1. The van der Waals surface area contributed by atoms with Crippen LogP contribution in [0, 0.1) is 5.92 Å². The van der Waals surface area contributed by atoms with Gasteiger partial charge in [0, 0.05) is 18.7 Å². The number of hydrogen-bond acceptors (Lipinski definition) is 7. The van der Waals surface area contributed by atoms with E-state index in [2.05, 4.69) is 10.6 Å². The molecule has 2 amide bonds. The molecule has 0 saturated carbocycles. The molecule has 0 bridgehead atoms. The summed E-state index contributed by atoms with van der Waals surface area (Å²) < 4.78 is 43.4. The molecule has 202 valence electrons. The van der Waals surface area contributed by atoms with E-state index < -0.39 is 22.0 Å². The third kappa shape index (κ3) is 6.35. The maximum atomic E-state index is 13.3. The normalized spacial score (nSPS) is 15.4. The van der Waals surface area contributed by atoms with Gasteiger partial charge in [-0.1, -0.05) is 6.07 Å². The van der Waals surface area contributed by atoms with E-state index >= 15 is 0 Å². The lowest BCUT2D eigenvalue weighted by Crippen LogP contribution is -2.53. The highest BCUT2D eigenvalue weighted by atomic mass is 32.2. The lowest BCUT2D eigenvalue weighted by molar-refractivity contribution is -0.124. The predicted octanol–water partition coefficient (Wildman–Crippen LogP) is 2.81. The van der Waals surface area contributed by atoms with E-state index in [1.165, 1.54) is 36.9 Å². The molecule has 1 fully saturated rings. The number of benzene rings is 2. The smallest absolute Gasteiger partial charge is 0.252 e. The highest BCUT2D eigenvalue weighted by molar-refractivity contribution is 7.89. The van der Waals surface area contributed by atoms with E-state index in [0.717, 1.165) is 0 Å². The van der Waals surface area contributed by atoms with Crippen LogP contribution in [0.3, 0.4) is 0 Å². The molecule has 1 aromatic heterocycles. The molecule has 1 unspecified atom stereocenters. The number of piperidine rings is 1. The van der Waals surface area contributed by atoms with Gasteiger partial charge in [0.15, 0.2) is 0 Å². The quantitative estimate of drug-likeness (QED) is 0.404. The molecule has 38 heavy (non-hydrogen) atoms. The van der Waals surface area contributed by atoms with E-state index in [1.807, 2.05) is 0 Å². The number of carbonyl (C=O) groups excluding carboxylic acids is 2. The second-order valence-corrected chi connectivity index (χ2v) is 10.8. The number of amides is 2. The number of sulfonamides is 1. The van der Waals surface area contributed by atoms with Crippen molar-refractivity contribution in [1.29, 1.82) is 0 Å². The maximum Gasteiger partial charge on any atom is 0.252 e. The molecular formula is C27H31N3O7S. The molecule has 0 aliphatic carbocycles. The average molecular weight is 542 g/mol. The fraction of sp³-hybridized carbons (Fsp3) is 0.333. The van der Waals surface area contributed by atoms with E-state index in [4.69, 9.17) is 13.9 Å². The third-order valence-electron chi connectivity index (χ3n) is 6.59. The Labute approximate surface area is 222 Å². The lowest BCUT2D eigenvalue weighted by atomic mass is 9.89. The first-order valence-corrected chi connectivity index (χ1v) is 13.6. The Bertz CT molecular complexity index is 1330. The van der Waals surface area contributed by atoms with Gasteiger partial charge in [-0.25, -0.2) is 8.42 Å². The molecule has 2 heterocycles. The fourth-order valence-electron chi connectivity index (χ4n) is 4.43. The summed E-state index contributed by atoms with van der Waals surface area (Å²) in [5.41, 5.74) is 0.354. The molecule has 1 aliphatic rings. The van der Waals surface area contributed by atoms with Crippen LogP contribution in [-0.4, -0.2) is 57.9 Å². The Balaban J connectivity index is 1.47. The molecule has 0 radical (unpaired) electrons. The Morgan fingerprint density at radius 3 is 2.34 bits per heavy atom. The number of nitrogens with zero attached hydrogens (tertiary/aromatic N) is 1. The van der Waals surface area contributed by atoms with Crippen LogP contribution in [-0.2, 0) is 21.4 Å². The topological polar surface area (TPSA) is 127 Å². The van der Waals surface area contributed by atoms with E-state index in [1.54, 1.807) is 48.5 Å². The summed E-state index contributed by atoms with van der Waals surface area (Å²) in [5, 5.41) is 5.69. The van der Waals surface area contributed by atoms with Crippen LogP contribution >= 0.6 is 0 Å². The van der Waals surface area contributed by atoms with Crippen molar-refractivity contribution in [2.24, 2.45) is 5.92 Å². The zero-order chi connectivity index (χ0) is 27.1. The first-order valence-electron chi connectivity index (χ1n) is 12.2. The second kappa shape index (κ2) is 12.1. The highest BCUT2D eigenvalue weighted by Gasteiger charge is 2.36. The molecule has 0 spiro atoms. The van der Waals surface area contributed by atoms with Crippen LogP contribution in [0.1, 0.15) is 29.0 Å². The summed E-state index contributed by atoms with van der Waals surface area (Å²) in [7, 11) is -0.680. The minimum absolute atomic E-state index is 0.169. The summed E-state index contributed by atoms with van der Waals surface area (Å²) in [5.74, 6) is 0.607. The second-order valence-electron chi connectivity index (χ2n) is 8.90. The molecule has 3 aromatic rings. The van der Waals surface area contributed by atoms with Gasteiger partial charge in [0.2, 0.25) is 15.9 Å². The third-order valence-corrected chi connectivity index (χ3v) is 8.50. The highest BCUT2D eigenvalue weighted by Crippen LogP contribution is 2.27. The van der Waals surface area contributed by atoms with Gasteiger partial charge >= 0.3 is 0 Å². The number of carbonyl (C=O) groups is 2. The minimum Gasteiger partial charge on any atom is -0.497 e. The zero-order valence-corrected chi connectivity index (χ0v) is 22.1. The number of ether oxygens (including phenoxy) is 2. The monoisotopic (exact) mass is 541 g/mol. The van der Waals surface area contributed by atoms with Crippen molar-refractivity contribution in [3.8, 4) is 11.5 Å². The number of nitrogens with one attached hydrogen (secondary N) is 2. The molecule has 1 saturated heterocycles. The van der Waals surface area contributed by atoms with E-state index in [0.29, 0.717) is 35.7 Å². The first kappa shape index (κ1) is 27.2. The largest absolute Gasteiger partial charge is 0.497 e. The van der Waals surface area contributed by atoms with E-state index in [9.17, 15) is 18.0 Å². The van der Waals surface area contributed by atoms with Crippen molar-refractivity contribution in [2.45, 2.75) is 30.3 Å². The number of hydrogen-bond donors (Lipinski definition) is 2. The molecule has 1 atom stereocenters. The summed E-state index contributed by atoms with van der Waals surface area (Å²) in [4.78, 5) is 26.5. The van der Waals surface area contributed by atoms with Crippen LogP contribution in [0.5, 0.6) is 11.5 Å². The van der Waals surface area contributed by atoms with Gasteiger partial charge in [-0.15, -0.1) is 0 Å². The van der Waals surface area contributed by atoms with Gasteiger partial charge in [-0.2, -0.15) is 4.31 Å². The summed E-state index contributed by atoms with van der Waals surface area (Å²) in [6, 6.07) is 15.5. The van der Waals surface area contributed by atoms with Crippen molar-refractivity contribution >= 4 is 21.8 Å². The zero-order valence-electron chi connectivity index (χ0n) is 21.3. The van der Waals surface area contributed by atoms with Crippen molar-refractivity contribution in [3.05, 3.63) is 78.3 Å². The summed E-state index contributed by atoms with van der Waals surface area (Å²) in [6.07, 6.45) is 2.31. The molecule has 1 aliphatic heterocycles. The molecule has 2 aromatic carbocycles. The van der Waals surface area contributed by atoms with Crippen LogP contribution in [0.25, 0.3) is 0 Å². The first-order chi connectivity index (χ1) is 18.3. The van der Waals surface area contributed by atoms with Crippen LogP contribution in [0.2, 0.25) is 0 Å². The summed E-state index contributed by atoms with van der Waals surface area (Å²) in [6.45, 7) is 0.605. The average Bonchev–Trinajstić information content (AvgIpc) is 3.48. The number of rotatable bonds is 10.